The number of aryl methyl sites for hydroxylation is 1. The highest BCUT2D eigenvalue weighted by Crippen LogP contribution is 2.34. The topological polar surface area (TPSA) is 229 Å². The predicted octanol–water partition coefficient (Wildman–Crippen LogP) is 9.49. The molecule has 2 aromatic heterocycles. The number of nitrogen functional groups attached to an aromatic ring is 1. The quantitative estimate of drug-likeness (QED) is 0.0309. The van der Waals surface area contributed by atoms with Gasteiger partial charge < -0.3 is 50.8 Å². The Morgan fingerprint density at radius 3 is 2.20 bits per heavy atom. The van der Waals surface area contributed by atoms with Crippen LogP contribution in [-0.4, -0.2) is 147 Å². The maximum atomic E-state index is 14.1. The Bertz CT molecular complexity index is 2910. The number of β-amino-alcohol motifs (C(OH)–C–C–N with tert-alkyl or cyclic N) is 1. The van der Waals surface area contributed by atoms with Gasteiger partial charge in [0.1, 0.15) is 42.0 Å². The molecule has 3 saturated heterocycles. The standard InChI is InChI=1S/C64H88N10O8S/c1-44(46-27-29-47(30-28-46)59-45(2)66-43-83-59)67-62(79)54-39-49(75)41-74(54)63(80)60(64(3,4)5)68-57(77)25-14-12-10-8-6-7-9-11-13-15-26-58(78)72-34-32-71(33-35-72)36-37-81-50-21-18-20-48(38-50)73-31-19-22-51(42-73)82-56-40-53(69-70-61(56)65)52-23-16-17-24-55(52)76/h16-18,20-21,23-24,27-30,38,40,43-44,49,51,54,60,75-76H,6-15,19,22,25-26,31-37,39,41-42H2,1-5H3,(H2,65,70)(H,67,79)(H,68,77). The number of benzene rings is 3. The van der Waals surface area contributed by atoms with Crippen molar-refractivity contribution in [2.24, 2.45) is 5.41 Å². The van der Waals surface area contributed by atoms with Crippen LogP contribution in [0.3, 0.4) is 0 Å². The lowest BCUT2D eigenvalue weighted by molar-refractivity contribution is -0.144. The largest absolute Gasteiger partial charge is 0.507 e. The molecule has 3 aliphatic rings. The molecule has 3 aliphatic heterocycles. The zero-order valence-electron chi connectivity index (χ0n) is 49.4. The Hall–Kier alpha value is -6.83. The number of piperidine rings is 1. The number of para-hydroxylation sites is 1. The summed E-state index contributed by atoms with van der Waals surface area (Å²) in [4.78, 5) is 67.8. The number of rotatable bonds is 27. The molecule has 5 aromatic rings. The van der Waals surface area contributed by atoms with Gasteiger partial charge in [-0.2, -0.15) is 0 Å². The minimum Gasteiger partial charge on any atom is -0.507 e. The van der Waals surface area contributed by atoms with Gasteiger partial charge in [-0.15, -0.1) is 21.5 Å². The number of phenols is 1. The summed E-state index contributed by atoms with van der Waals surface area (Å²) in [6.07, 6.45) is 12.3. The molecule has 0 aliphatic carbocycles. The van der Waals surface area contributed by atoms with Gasteiger partial charge in [-0.05, 0) is 80.3 Å². The van der Waals surface area contributed by atoms with Crippen molar-refractivity contribution >= 4 is 46.5 Å². The number of carbonyl (C=O) groups is 4. The van der Waals surface area contributed by atoms with E-state index >= 15 is 0 Å². The maximum absolute atomic E-state index is 14.1. The van der Waals surface area contributed by atoms with E-state index in [4.69, 9.17) is 15.2 Å². The molecule has 0 radical (unpaired) electrons. The van der Waals surface area contributed by atoms with Crippen LogP contribution in [0, 0.1) is 12.3 Å². The van der Waals surface area contributed by atoms with Crippen LogP contribution in [-0.2, 0) is 19.2 Å². The lowest BCUT2D eigenvalue weighted by Gasteiger charge is -2.35. The molecule has 3 fully saturated rings. The third-order valence-electron chi connectivity index (χ3n) is 16.3. The minimum absolute atomic E-state index is 0.0322. The van der Waals surface area contributed by atoms with E-state index in [-0.39, 0.29) is 60.3 Å². The number of thiazole rings is 1. The van der Waals surface area contributed by atoms with Crippen LogP contribution in [0.5, 0.6) is 17.2 Å². The molecule has 0 bridgehead atoms. The van der Waals surface area contributed by atoms with E-state index in [0.29, 0.717) is 43.0 Å². The van der Waals surface area contributed by atoms with Gasteiger partial charge in [0, 0.05) is 88.5 Å². The molecule has 3 aromatic carbocycles. The van der Waals surface area contributed by atoms with Crippen molar-refractivity contribution in [2.45, 2.75) is 161 Å². The Balaban J connectivity index is 0.639. The predicted molar refractivity (Wildman–Crippen MR) is 326 cm³/mol. The third kappa shape index (κ3) is 17.8. The normalized spacial score (nSPS) is 18.4. The molecule has 4 amide bonds. The van der Waals surface area contributed by atoms with Crippen molar-refractivity contribution in [3.8, 4) is 38.9 Å². The first-order valence-electron chi connectivity index (χ1n) is 30.2. The average molecular weight is 1160 g/mol. The molecule has 6 N–H and O–H groups in total. The molecule has 18 nitrogen and oxygen atoms in total. The number of hydrogen-bond acceptors (Lipinski definition) is 15. The van der Waals surface area contributed by atoms with E-state index in [9.17, 15) is 29.4 Å². The van der Waals surface area contributed by atoms with Gasteiger partial charge >= 0.3 is 0 Å². The van der Waals surface area contributed by atoms with Crippen molar-refractivity contribution in [3.63, 3.8) is 0 Å². The fourth-order valence-corrected chi connectivity index (χ4v) is 12.2. The Morgan fingerprint density at radius 2 is 1.52 bits per heavy atom. The van der Waals surface area contributed by atoms with Crippen LogP contribution in [0.25, 0.3) is 21.7 Å². The number of phenolic OH excluding ortho intramolecular Hbond substituents is 1. The second-order valence-electron chi connectivity index (χ2n) is 23.8. The Morgan fingerprint density at radius 1 is 0.819 bits per heavy atom. The number of hydrogen-bond donors (Lipinski definition) is 5. The summed E-state index contributed by atoms with van der Waals surface area (Å²) in [6.45, 7) is 15.7. The summed E-state index contributed by atoms with van der Waals surface area (Å²) < 4.78 is 12.6. The van der Waals surface area contributed by atoms with E-state index in [0.717, 1.165) is 149 Å². The van der Waals surface area contributed by atoms with Crippen LogP contribution in [0.4, 0.5) is 11.5 Å². The van der Waals surface area contributed by atoms with Crippen molar-refractivity contribution in [1.82, 2.24) is 40.5 Å². The summed E-state index contributed by atoms with van der Waals surface area (Å²) >= 11 is 1.59. The highest BCUT2D eigenvalue weighted by molar-refractivity contribution is 7.13. The lowest BCUT2D eigenvalue weighted by Crippen LogP contribution is -2.57. The highest BCUT2D eigenvalue weighted by atomic mass is 32.1. The molecule has 19 heteroatoms. The average Bonchev–Trinajstić information content (AvgIpc) is 4.33. The highest BCUT2D eigenvalue weighted by Gasteiger charge is 2.45. The van der Waals surface area contributed by atoms with Crippen molar-refractivity contribution in [3.05, 3.63) is 95.6 Å². The van der Waals surface area contributed by atoms with Gasteiger partial charge in [0.05, 0.1) is 34.8 Å². The van der Waals surface area contributed by atoms with E-state index in [1.54, 1.807) is 35.6 Å². The van der Waals surface area contributed by atoms with E-state index in [1.807, 2.05) is 87.5 Å². The monoisotopic (exact) mass is 1160 g/mol. The summed E-state index contributed by atoms with van der Waals surface area (Å²) in [5.41, 5.74) is 12.5. The molecule has 5 atom stereocenters. The van der Waals surface area contributed by atoms with Crippen molar-refractivity contribution in [1.29, 1.82) is 0 Å². The number of aromatic hydroxyl groups is 1. The molecule has 5 heterocycles. The number of anilines is 2. The number of carbonyl (C=O) groups excluding carboxylic acids is 4. The van der Waals surface area contributed by atoms with Gasteiger partial charge in [0.15, 0.2) is 11.6 Å². The van der Waals surface area contributed by atoms with Crippen molar-refractivity contribution in [2.75, 3.05) is 69.6 Å². The SMILES string of the molecule is Cc1ncsc1-c1ccc(C(C)NC(=O)C2CC(O)CN2C(=O)C(NC(=O)CCCCCCCCCCCCC(=O)N2CCN(CCOc3cccc(N4CCCC(Oc5cc(-c6ccccc6O)nnc5N)C4)c3)CC2)C(C)(C)C)cc1. The fourth-order valence-electron chi connectivity index (χ4n) is 11.4. The van der Waals surface area contributed by atoms with E-state index < -0.39 is 23.6 Å². The number of aliphatic hydroxyl groups is 1. The summed E-state index contributed by atoms with van der Waals surface area (Å²) in [5, 5.41) is 35.4. The number of nitrogens with one attached hydrogen (secondary N) is 2. The lowest BCUT2D eigenvalue weighted by atomic mass is 9.85. The van der Waals surface area contributed by atoms with Crippen LogP contribution >= 0.6 is 11.3 Å². The van der Waals surface area contributed by atoms with Gasteiger partial charge in [0.2, 0.25) is 23.6 Å². The Labute approximate surface area is 494 Å². The number of piperazine rings is 1. The first-order chi connectivity index (χ1) is 40.0. The third-order valence-corrected chi connectivity index (χ3v) is 17.3. The van der Waals surface area contributed by atoms with E-state index in [1.165, 1.54) is 4.90 Å². The van der Waals surface area contributed by atoms with Crippen LogP contribution in [0.2, 0.25) is 0 Å². The number of aliphatic hydroxyl groups excluding tert-OH is 1. The smallest absolute Gasteiger partial charge is 0.246 e. The first kappa shape index (κ1) is 62.2. The number of nitrogens with zero attached hydrogens (tertiary/aromatic N) is 7. The minimum atomic E-state index is -0.849. The maximum Gasteiger partial charge on any atom is 0.246 e. The van der Waals surface area contributed by atoms with Gasteiger partial charge in [0.25, 0.3) is 0 Å². The van der Waals surface area contributed by atoms with Crippen molar-refractivity contribution < 1.29 is 38.9 Å². The molecule has 448 valence electrons. The molecule has 0 spiro atoms. The second kappa shape index (κ2) is 30.1. The summed E-state index contributed by atoms with van der Waals surface area (Å²) in [7, 11) is 0. The summed E-state index contributed by atoms with van der Waals surface area (Å²) in [6, 6.07) is 22.9. The summed E-state index contributed by atoms with van der Waals surface area (Å²) in [5.74, 6) is 0.984. The molecular formula is C64H88N10O8S. The number of ether oxygens (including phenoxy) is 2. The van der Waals surface area contributed by atoms with Gasteiger partial charge in [-0.1, -0.05) is 115 Å². The number of nitrogens with two attached hydrogens (primary N) is 1. The molecule has 0 saturated carbocycles. The van der Waals surface area contributed by atoms with E-state index in [2.05, 4.69) is 47.7 Å². The fraction of sp³-hybridized carbons (Fsp3) is 0.547. The zero-order chi connectivity index (χ0) is 58.9. The second-order valence-corrected chi connectivity index (χ2v) is 24.7. The molecule has 83 heavy (non-hydrogen) atoms. The number of aromatic nitrogens is 3. The number of amides is 4. The molecular weight excluding hydrogens is 1070 g/mol. The van der Waals surface area contributed by atoms with Gasteiger partial charge in [-0.3, -0.25) is 24.1 Å². The number of likely N-dealkylation sites (tertiary alicyclic amines) is 1. The first-order valence-corrected chi connectivity index (χ1v) is 31.0. The molecule has 5 unspecified atom stereocenters. The van der Waals surface area contributed by atoms with Gasteiger partial charge in [-0.25, -0.2) is 4.98 Å². The zero-order valence-corrected chi connectivity index (χ0v) is 50.2. The van der Waals surface area contributed by atoms with Crippen LogP contribution < -0.4 is 30.7 Å². The van der Waals surface area contributed by atoms with Crippen LogP contribution in [0.1, 0.15) is 141 Å². The Kier molecular flexibility index (Phi) is 22.6. The number of unbranched alkanes of at least 4 members (excludes halogenated alkanes) is 9. The molecule has 8 rings (SSSR count). The van der Waals surface area contributed by atoms with Crippen LogP contribution in [0.15, 0.2) is 84.4 Å².